The van der Waals surface area contributed by atoms with Gasteiger partial charge in [0.1, 0.15) is 0 Å². The maximum atomic E-state index is 12.7. The van der Waals surface area contributed by atoms with E-state index in [-0.39, 0.29) is 28.4 Å². The number of rotatable bonds is 5. The normalized spacial score (nSPS) is 14.7. The van der Waals surface area contributed by atoms with Gasteiger partial charge in [-0.2, -0.15) is 0 Å². The first-order chi connectivity index (χ1) is 11.9. The fraction of sp³-hybridized carbons (Fsp3) is 0.556. The summed E-state index contributed by atoms with van der Waals surface area (Å²) in [6, 6.07) is 1.67. The molecule has 7 heteroatoms. The fourth-order valence-corrected chi connectivity index (χ4v) is 3.09. The van der Waals surface area contributed by atoms with Gasteiger partial charge in [0.2, 0.25) is 0 Å². The van der Waals surface area contributed by atoms with Crippen LogP contribution in [0.5, 0.6) is 0 Å². The van der Waals surface area contributed by atoms with Crippen LogP contribution in [-0.4, -0.2) is 27.0 Å². The molecular weight excluding hydrogens is 320 g/mol. The number of aromatic amines is 1. The number of carbonyl (C=O) groups excluding carboxylic acids is 1. The van der Waals surface area contributed by atoms with E-state index in [1.807, 2.05) is 13.8 Å². The van der Waals surface area contributed by atoms with Crippen molar-refractivity contribution in [2.45, 2.75) is 52.5 Å². The number of nitrogens with one attached hydrogen (secondary N) is 2. The molecule has 0 atom stereocenters. The number of H-pyrrole nitrogens is 1. The maximum absolute atomic E-state index is 12.7. The van der Waals surface area contributed by atoms with E-state index in [0.717, 1.165) is 12.8 Å². The van der Waals surface area contributed by atoms with Crippen molar-refractivity contribution in [3.63, 3.8) is 0 Å². The molecule has 0 unspecified atom stereocenters. The maximum Gasteiger partial charge on any atom is 0.329 e. The monoisotopic (exact) mass is 344 g/mol. The van der Waals surface area contributed by atoms with Crippen LogP contribution in [0.3, 0.4) is 0 Å². The lowest BCUT2D eigenvalue weighted by Gasteiger charge is -2.25. The van der Waals surface area contributed by atoms with Gasteiger partial charge in [0, 0.05) is 18.8 Å². The summed E-state index contributed by atoms with van der Waals surface area (Å²) in [6.07, 6.45) is 3.47. The molecule has 0 spiro atoms. The zero-order chi connectivity index (χ0) is 18.1. The van der Waals surface area contributed by atoms with E-state index in [9.17, 15) is 14.4 Å². The molecule has 0 bridgehead atoms. The molecule has 0 aromatic carbocycles. The van der Waals surface area contributed by atoms with E-state index >= 15 is 0 Å². The Labute approximate surface area is 145 Å². The second-order valence-electron chi connectivity index (χ2n) is 6.96. The molecule has 1 aliphatic rings. The molecule has 0 aliphatic heterocycles. The largest absolute Gasteiger partial charge is 0.352 e. The topological polar surface area (TPSA) is 96.9 Å². The van der Waals surface area contributed by atoms with Crippen LogP contribution in [0.1, 0.15) is 62.0 Å². The van der Waals surface area contributed by atoms with Crippen molar-refractivity contribution in [3.05, 3.63) is 38.2 Å². The SMILES string of the molecule is CCn1c(=O)[nH]c(=O)c2c(C(=O)NCC3CCC3)cc(C(C)C)nc21. The van der Waals surface area contributed by atoms with Crippen molar-refractivity contribution in [1.82, 2.24) is 19.9 Å². The number of carbonyl (C=O) groups is 1. The average molecular weight is 344 g/mol. The number of pyridine rings is 1. The summed E-state index contributed by atoms with van der Waals surface area (Å²) in [5, 5.41) is 3.11. The smallest absolute Gasteiger partial charge is 0.329 e. The third-order valence-electron chi connectivity index (χ3n) is 4.90. The number of hydrogen-bond donors (Lipinski definition) is 2. The van der Waals surface area contributed by atoms with E-state index in [0.29, 0.717) is 24.7 Å². The van der Waals surface area contributed by atoms with Crippen LogP contribution in [0, 0.1) is 5.92 Å². The Morgan fingerprint density at radius 1 is 1.40 bits per heavy atom. The summed E-state index contributed by atoms with van der Waals surface area (Å²) >= 11 is 0. The Bertz CT molecular complexity index is 922. The molecular formula is C18H24N4O3. The Morgan fingerprint density at radius 2 is 2.12 bits per heavy atom. The van der Waals surface area contributed by atoms with Gasteiger partial charge in [-0.25, -0.2) is 9.78 Å². The lowest BCUT2D eigenvalue weighted by molar-refractivity contribution is 0.0940. The minimum atomic E-state index is -0.568. The van der Waals surface area contributed by atoms with Crippen molar-refractivity contribution < 1.29 is 4.79 Å². The predicted molar refractivity (Wildman–Crippen MR) is 96.1 cm³/mol. The van der Waals surface area contributed by atoms with Crippen molar-refractivity contribution >= 4 is 16.9 Å². The van der Waals surface area contributed by atoms with E-state index in [1.165, 1.54) is 11.0 Å². The van der Waals surface area contributed by atoms with Gasteiger partial charge in [-0.15, -0.1) is 0 Å². The van der Waals surface area contributed by atoms with Crippen LogP contribution in [0.25, 0.3) is 11.0 Å². The Kier molecular flexibility index (Phi) is 4.74. The molecule has 1 fully saturated rings. The Hall–Kier alpha value is -2.44. The summed E-state index contributed by atoms with van der Waals surface area (Å²) in [6.45, 7) is 6.71. The zero-order valence-corrected chi connectivity index (χ0v) is 14.9. The number of amides is 1. The quantitative estimate of drug-likeness (QED) is 0.863. The highest BCUT2D eigenvalue weighted by Crippen LogP contribution is 2.25. The first-order valence-corrected chi connectivity index (χ1v) is 8.88. The molecule has 25 heavy (non-hydrogen) atoms. The first kappa shape index (κ1) is 17.4. The van der Waals surface area contributed by atoms with Crippen LogP contribution in [0.2, 0.25) is 0 Å². The van der Waals surface area contributed by atoms with Crippen molar-refractivity contribution in [3.8, 4) is 0 Å². The predicted octanol–water partition coefficient (Wildman–Crippen LogP) is 1.76. The van der Waals surface area contributed by atoms with Gasteiger partial charge in [0.05, 0.1) is 10.9 Å². The van der Waals surface area contributed by atoms with Gasteiger partial charge in [0.15, 0.2) is 5.65 Å². The second kappa shape index (κ2) is 6.82. The number of aromatic nitrogens is 3. The lowest BCUT2D eigenvalue weighted by atomic mass is 9.85. The Balaban J connectivity index is 2.16. The van der Waals surface area contributed by atoms with Gasteiger partial charge in [-0.1, -0.05) is 20.3 Å². The van der Waals surface area contributed by atoms with Crippen LogP contribution in [0.15, 0.2) is 15.7 Å². The van der Waals surface area contributed by atoms with E-state index in [1.54, 1.807) is 13.0 Å². The van der Waals surface area contributed by atoms with Gasteiger partial charge in [-0.05, 0) is 37.7 Å². The molecule has 0 saturated heterocycles. The van der Waals surface area contributed by atoms with Crippen LogP contribution < -0.4 is 16.6 Å². The summed E-state index contributed by atoms with van der Waals surface area (Å²) < 4.78 is 1.39. The summed E-state index contributed by atoms with van der Waals surface area (Å²) in [5.74, 6) is 0.309. The molecule has 1 amide bonds. The standard InChI is InChI=1S/C18H24N4O3/c1-4-22-15-14(17(24)21-18(22)25)12(8-13(20-15)10(2)3)16(23)19-9-11-6-5-7-11/h8,10-11H,4-7,9H2,1-3H3,(H,19,23)(H,21,24,25). The minimum absolute atomic E-state index is 0.0716. The average Bonchev–Trinajstić information content (AvgIpc) is 2.52. The number of aryl methyl sites for hydroxylation is 1. The third-order valence-corrected chi connectivity index (χ3v) is 4.90. The van der Waals surface area contributed by atoms with Crippen LogP contribution >= 0.6 is 0 Å². The number of nitrogens with zero attached hydrogens (tertiary/aromatic N) is 2. The van der Waals surface area contributed by atoms with Gasteiger partial charge >= 0.3 is 5.69 Å². The second-order valence-corrected chi connectivity index (χ2v) is 6.96. The van der Waals surface area contributed by atoms with E-state index in [2.05, 4.69) is 15.3 Å². The molecule has 1 saturated carbocycles. The molecule has 2 aromatic heterocycles. The molecule has 3 rings (SSSR count). The van der Waals surface area contributed by atoms with E-state index in [4.69, 9.17) is 0 Å². The first-order valence-electron chi connectivity index (χ1n) is 8.88. The summed E-state index contributed by atoms with van der Waals surface area (Å²) in [5.41, 5.74) is 0.178. The number of fused-ring (bicyclic) bond motifs is 1. The zero-order valence-electron chi connectivity index (χ0n) is 14.9. The molecule has 2 aromatic rings. The molecule has 134 valence electrons. The molecule has 2 heterocycles. The number of hydrogen-bond acceptors (Lipinski definition) is 4. The minimum Gasteiger partial charge on any atom is -0.352 e. The summed E-state index contributed by atoms with van der Waals surface area (Å²) in [4.78, 5) is 44.0. The van der Waals surface area contributed by atoms with Gasteiger partial charge in [-0.3, -0.25) is 19.1 Å². The lowest BCUT2D eigenvalue weighted by Crippen LogP contribution is -2.35. The molecule has 1 aliphatic carbocycles. The van der Waals surface area contributed by atoms with E-state index < -0.39 is 11.2 Å². The van der Waals surface area contributed by atoms with Crippen molar-refractivity contribution in [2.24, 2.45) is 5.92 Å². The fourth-order valence-electron chi connectivity index (χ4n) is 3.09. The highest BCUT2D eigenvalue weighted by molar-refractivity contribution is 6.05. The van der Waals surface area contributed by atoms with Crippen LogP contribution in [0.4, 0.5) is 0 Å². The molecule has 2 N–H and O–H groups in total. The van der Waals surface area contributed by atoms with Gasteiger partial charge < -0.3 is 5.32 Å². The van der Waals surface area contributed by atoms with Crippen molar-refractivity contribution in [1.29, 1.82) is 0 Å². The van der Waals surface area contributed by atoms with Crippen LogP contribution in [-0.2, 0) is 6.54 Å². The highest BCUT2D eigenvalue weighted by Gasteiger charge is 2.22. The molecule has 7 nitrogen and oxygen atoms in total. The third kappa shape index (κ3) is 3.23. The highest BCUT2D eigenvalue weighted by atomic mass is 16.2. The van der Waals surface area contributed by atoms with Gasteiger partial charge in [0.25, 0.3) is 11.5 Å². The Morgan fingerprint density at radius 3 is 2.68 bits per heavy atom. The molecule has 0 radical (unpaired) electrons. The summed E-state index contributed by atoms with van der Waals surface area (Å²) in [7, 11) is 0. The van der Waals surface area contributed by atoms with Crippen molar-refractivity contribution in [2.75, 3.05) is 6.54 Å².